The molecule has 11 heteroatoms. The van der Waals surface area contributed by atoms with E-state index in [-0.39, 0.29) is 4.68 Å². The van der Waals surface area contributed by atoms with Crippen molar-refractivity contribution < 1.29 is 31.7 Å². The molecule has 2 rings (SSSR count). The van der Waals surface area contributed by atoms with Crippen molar-refractivity contribution >= 4 is 5.69 Å². The van der Waals surface area contributed by atoms with Crippen molar-refractivity contribution in [3.63, 3.8) is 0 Å². The van der Waals surface area contributed by atoms with Crippen LogP contribution in [0.1, 0.15) is 0 Å². The summed E-state index contributed by atoms with van der Waals surface area (Å²) < 4.78 is 57.8. The SMILES string of the molecule is O=c1c[n+](-c2c(F)c(F)c([N+](=O)[O-])c(F)c2F)[nH]o1. The summed E-state index contributed by atoms with van der Waals surface area (Å²) in [4.78, 5) is 19.4. The molecule has 100 valence electrons. The van der Waals surface area contributed by atoms with E-state index in [1.165, 1.54) is 0 Å². The molecule has 1 heterocycles. The Kier molecular flexibility index (Phi) is 2.81. The summed E-state index contributed by atoms with van der Waals surface area (Å²) in [5.41, 5.74) is -4.44. The number of aromatic amines is 1. The number of nitro benzene ring substituents is 1. The number of aromatic nitrogens is 2. The van der Waals surface area contributed by atoms with Crippen molar-refractivity contribution in [1.29, 1.82) is 0 Å². The Balaban J connectivity index is 2.85. The van der Waals surface area contributed by atoms with Gasteiger partial charge in [-0.3, -0.25) is 14.6 Å². The van der Waals surface area contributed by atoms with Crippen LogP contribution in [0.3, 0.4) is 0 Å². The van der Waals surface area contributed by atoms with E-state index in [0.29, 0.717) is 6.20 Å². The summed E-state index contributed by atoms with van der Waals surface area (Å²) >= 11 is 0. The number of hydrogen-bond donors (Lipinski definition) is 1. The summed E-state index contributed by atoms with van der Waals surface area (Å²) in [7, 11) is 0. The van der Waals surface area contributed by atoms with E-state index >= 15 is 0 Å². The molecule has 0 saturated carbocycles. The molecule has 0 aliphatic carbocycles. The Bertz CT molecular complexity index is 709. The number of nitrogens with one attached hydrogen (secondary N) is 1. The molecule has 0 aliphatic heterocycles. The lowest BCUT2D eigenvalue weighted by Gasteiger charge is -2.00. The van der Waals surface area contributed by atoms with Gasteiger partial charge in [-0.1, -0.05) is 0 Å². The lowest BCUT2D eigenvalue weighted by Crippen LogP contribution is -2.36. The lowest BCUT2D eigenvalue weighted by molar-refractivity contribution is -0.674. The maximum atomic E-state index is 13.5. The quantitative estimate of drug-likeness (QED) is 0.288. The summed E-state index contributed by atoms with van der Waals surface area (Å²) in [6.45, 7) is 0. The van der Waals surface area contributed by atoms with E-state index in [1.54, 1.807) is 5.27 Å². The molecule has 1 aromatic carbocycles. The smallest absolute Gasteiger partial charge is 0.283 e. The largest absolute Gasteiger partial charge is 0.427 e. The molecule has 0 bridgehead atoms. The third kappa shape index (κ3) is 1.84. The molecule has 0 spiro atoms. The molecular formula is C8H2F4N3O4+. The van der Waals surface area contributed by atoms with Crippen LogP contribution in [-0.2, 0) is 0 Å². The topological polar surface area (TPSA) is 93.0 Å². The molecular weight excluding hydrogens is 278 g/mol. The van der Waals surface area contributed by atoms with Crippen molar-refractivity contribution in [2.45, 2.75) is 0 Å². The summed E-state index contributed by atoms with van der Waals surface area (Å²) in [6, 6.07) is 0. The monoisotopic (exact) mass is 280 g/mol. The number of halogens is 4. The van der Waals surface area contributed by atoms with Crippen LogP contribution in [0, 0.1) is 33.4 Å². The number of nitrogens with zero attached hydrogens (tertiary/aromatic N) is 2. The zero-order chi connectivity index (χ0) is 14.3. The molecule has 7 nitrogen and oxygen atoms in total. The third-order valence-corrected chi connectivity index (χ3v) is 2.12. The van der Waals surface area contributed by atoms with Crippen LogP contribution in [-0.4, -0.2) is 10.2 Å². The molecule has 1 aromatic heterocycles. The number of nitro groups is 1. The molecule has 0 saturated heterocycles. The van der Waals surface area contributed by atoms with E-state index < -0.39 is 45.2 Å². The molecule has 0 fully saturated rings. The first-order valence-corrected chi connectivity index (χ1v) is 4.45. The highest BCUT2D eigenvalue weighted by Gasteiger charge is 2.38. The van der Waals surface area contributed by atoms with Gasteiger partial charge in [0.15, 0.2) is 0 Å². The van der Waals surface area contributed by atoms with Crippen LogP contribution < -0.4 is 10.3 Å². The van der Waals surface area contributed by atoms with Gasteiger partial charge in [0.05, 0.1) is 4.92 Å². The van der Waals surface area contributed by atoms with E-state index in [4.69, 9.17) is 0 Å². The van der Waals surface area contributed by atoms with Crippen LogP contribution in [0.5, 0.6) is 0 Å². The number of rotatable bonds is 2. The maximum Gasteiger partial charge on any atom is 0.427 e. The first kappa shape index (κ1) is 12.7. The molecule has 0 amide bonds. The molecule has 0 radical (unpaired) electrons. The van der Waals surface area contributed by atoms with E-state index in [1.807, 2.05) is 0 Å². The van der Waals surface area contributed by atoms with Gasteiger partial charge in [0.1, 0.15) is 0 Å². The zero-order valence-electron chi connectivity index (χ0n) is 8.62. The predicted octanol–water partition coefficient (Wildman–Crippen LogP) is 0.709. The van der Waals surface area contributed by atoms with Crippen molar-refractivity contribution in [1.82, 2.24) is 5.27 Å². The second-order valence-electron chi connectivity index (χ2n) is 3.22. The lowest BCUT2D eigenvalue weighted by atomic mass is 10.2. The fourth-order valence-electron chi connectivity index (χ4n) is 1.34. The number of benzene rings is 1. The average molecular weight is 280 g/mol. The van der Waals surface area contributed by atoms with E-state index in [9.17, 15) is 32.5 Å². The van der Waals surface area contributed by atoms with Gasteiger partial charge in [0, 0.05) is 0 Å². The fraction of sp³-hybridized carbons (Fsp3) is 0. The van der Waals surface area contributed by atoms with Crippen LogP contribution in [0.15, 0.2) is 15.5 Å². The van der Waals surface area contributed by atoms with Crippen molar-refractivity contribution in [2.75, 3.05) is 0 Å². The Hall–Kier alpha value is -2.72. The second-order valence-corrected chi connectivity index (χ2v) is 3.22. The summed E-state index contributed by atoms with van der Waals surface area (Å²) in [6.07, 6.45) is 0.451. The molecule has 0 unspecified atom stereocenters. The Morgan fingerprint density at radius 1 is 1.16 bits per heavy atom. The zero-order valence-corrected chi connectivity index (χ0v) is 8.62. The first-order chi connectivity index (χ1) is 8.84. The predicted molar refractivity (Wildman–Crippen MR) is 47.3 cm³/mol. The first-order valence-electron chi connectivity index (χ1n) is 4.45. The van der Waals surface area contributed by atoms with Gasteiger partial charge in [-0.25, -0.2) is 4.79 Å². The fourth-order valence-corrected chi connectivity index (χ4v) is 1.34. The highest BCUT2D eigenvalue weighted by atomic mass is 19.2. The average Bonchev–Trinajstić information content (AvgIpc) is 2.73. The van der Waals surface area contributed by atoms with Crippen molar-refractivity contribution in [2.24, 2.45) is 0 Å². The van der Waals surface area contributed by atoms with Crippen LogP contribution >= 0.6 is 0 Å². The van der Waals surface area contributed by atoms with Crippen molar-refractivity contribution in [3.05, 3.63) is 50.0 Å². The Labute approximate surface area is 99.3 Å². The van der Waals surface area contributed by atoms with Gasteiger partial charge >= 0.3 is 17.0 Å². The van der Waals surface area contributed by atoms with Crippen LogP contribution in [0.4, 0.5) is 23.2 Å². The number of hydrogen-bond acceptors (Lipinski definition) is 4. The summed E-state index contributed by atoms with van der Waals surface area (Å²) in [5.74, 6) is -8.50. The molecule has 2 aromatic rings. The minimum atomic E-state index is -2.20. The minimum absolute atomic E-state index is 0.211. The third-order valence-electron chi connectivity index (χ3n) is 2.12. The highest BCUT2D eigenvalue weighted by Crippen LogP contribution is 2.29. The van der Waals surface area contributed by atoms with Gasteiger partial charge in [-0.05, 0) is 9.95 Å². The minimum Gasteiger partial charge on any atom is -0.283 e. The van der Waals surface area contributed by atoms with Gasteiger partial charge in [0.25, 0.3) is 6.20 Å². The Morgan fingerprint density at radius 2 is 1.68 bits per heavy atom. The summed E-state index contributed by atoms with van der Waals surface area (Å²) in [5, 5.41) is 12.0. The molecule has 19 heavy (non-hydrogen) atoms. The standard InChI is InChI=1S/C8HF4N3O4/c9-3-5(11)8(15(17)18)6(12)4(10)7(3)14-1-2(16)19-13-14/h1H/p+1. The van der Waals surface area contributed by atoms with E-state index in [2.05, 4.69) is 4.52 Å². The van der Waals surface area contributed by atoms with Crippen molar-refractivity contribution in [3.8, 4) is 5.69 Å². The van der Waals surface area contributed by atoms with Crippen LogP contribution in [0.2, 0.25) is 0 Å². The second kappa shape index (κ2) is 4.19. The van der Waals surface area contributed by atoms with Gasteiger partial charge < -0.3 is 0 Å². The molecule has 0 atom stereocenters. The highest BCUT2D eigenvalue weighted by molar-refractivity contribution is 5.42. The maximum absolute atomic E-state index is 13.5. The van der Waals surface area contributed by atoms with Gasteiger partial charge in [-0.15, -0.1) is 0 Å². The van der Waals surface area contributed by atoms with E-state index in [0.717, 1.165) is 0 Å². The molecule has 0 aliphatic rings. The van der Waals surface area contributed by atoms with Crippen LogP contribution in [0.25, 0.3) is 5.69 Å². The van der Waals surface area contributed by atoms with Gasteiger partial charge in [0.2, 0.25) is 23.3 Å². The molecule has 1 N–H and O–H groups in total. The number of H-pyrrole nitrogens is 1. The van der Waals surface area contributed by atoms with Gasteiger partial charge in [-0.2, -0.15) is 17.6 Å². The normalized spacial score (nSPS) is 10.7. The Morgan fingerprint density at radius 3 is 2.05 bits per heavy atom.